The first-order chi connectivity index (χ1) is 8.99. The van der Waals surface area contributed by atoms with Gasteiger partial charge in [-0.2, -0.15) is 0 Å². The van der Waals surface area contributed by atoms with Crippen LogP contribution in [0.25, 0.3) is 0 Å². The Bertz CT molecular complexity index is 435. The van der Waals surface area contributed by atoms with Crippen LogP contribution in [0.1, 0.15) is 30.6 Å². The van der Waals surface area contributed by atoms with Gasteiger partial charge in [-0.1, -0.05) is 25.4 Å². The summed E-state index contributed by atoms with van der Waals surface area (Å²) in [5.41, 5.74) is 0.440. The summed E-state index contributed by atoms with van der Waals surface area (Å²) in [4.78, 5) is 12.3. The average Bonchev–Trinajstić information content (AvgIpc) is 2.37. The van der Waals surface area contributed by atoms with Gasteiger partial charge in [0.15, 0.2) is 0 Å². The number of rotatable bonds is 6. The number of halogens is 2. The fraction of sp³-hybridized carbons (Fsp3) is 0.500. The molecule has 0 radical (unpaired) electrons. The summed E-state index contributed by atoms with van der Waals surface area (Å²) in [6.45, 7) is 4.10. The van der Waals surface area contributed by atoms with Crippen LogP contribution in [0.2, 0.25) is 5.02 Å². The van der Waals surface area contributed by atoms with Gasteiger partial charge in [0.1, 0.15) is 5.75 Å². The lowest BCUT2D eigenvalue weighted by atomic mass is 10.0. The van der Waals surface area contributed by atoms with Crippen molar-refractivity contribution in [2.75, 3.05) is 13.0 Å². The van der Waals surface area contributed by atoms with E-state index < -0.39 is 0 Å². The third-order valence-corrected chi connectivity index (χ3v) is 3.40. The molecule has 0 saturated carbocycles. The van der Waals surface area contributed by atoms with E-state index in [4.69, 9.17) is 27.9 Å². The number of alkyl halides is 1. The third-order valence-electron chi connectivity index (χ3n) is 2.95. The van der Waals surface area contributed by atoms with Gasteiger partial charge in [0.25, 0.3) is 5.91 Å². The highest BCUT2D eigenvalue weighted by molar-refractivity contribution is 6.31. The third kappa shape index (κ3) is 4.59. The van der Waals surface area contributed by atoms with Crippen LogP contribution in [0.5, 0.6) is 5.75 Å². The maximum absolute atomic E-state index is 12.3. The maximum Gasteiger partial charge on any atom is 0.255 e. The highest BCUT2D eigenvalue weighted by Gasteiger charge is 2.19. The van der Waals surface area contributed by atoms with E-state index >= 15 is 0 Å². The lowest BCUT2D eigenvalue weighted by Crippen LogP contribution is -2.39. The second-order valence-corrected chi connectivity index (χ2v) is 5.46. The van der Waals surface area contributed by atoms with Crippen molar-refractivity contribution >= 4 is 29.1 Å². The Labute approximate surface area is 124 Å². The monoisotopic (exact) mass is 303 g/mol. The molecule has 0 fully saturated rings. The van der Waals surface area contributed by atoms with Crippen molar-refractivity contribution in [3.63, 3.8) is 0 Å². The molecule has 0 aromatic heterocycles. The second kappa shape index (κ2) is 7.61. The molecule has 0 saturated heterocycles. The molecule has 5 heteroatoms. The summed E-state index contributed by atoms with van der Waals surface area (Å²) in [7, 11) is 1.53. The van der Waals surface area contributed by atoms with Crippen LogP contribution in [-0.4, -0.2) is 24.9 Å². The topological polar surface area (TPSA) is 38.3 Å². The fourth-order valence-electron chi connectivity index (χ4n) is 1.79. The highest BCUT2D eigenvalue weighted by Crippen LogP contribution is 2.23. The Kier molecular flexibility index (Phi) is 6.46. The number of methoxy groups -OCH3 is 1. The molecule has 0 spiro atoms. The lowest BCUT2D eigenvalue weighted by Gasteiger charge is -2.22. The number of hydrogen-bond donors (Lipinski definition) is 1. The first-order valence-electron chi connectivity index (χ1n) is 6.20. The van der Waals surface area contributed by atoms with Crippen molar-refractivity contribution in [1.29, 1.82) is 0 Å². The predicted octanol–water partition coefficient (Wildman–Crippen LogP) is 3.73. The van der Waals surface area contributed by atoms with Crippen molar-refractivity contribution < 1.29 is 9.53 Å². The van der Waals surface area contributed by atoms with Crippen LogP contribution >= 0.6 is 23.2 Å². The van der Waals surface area contributed by atoms with Crippen molar-refractivity contribution in [3.8, 4) is 5.75 Å². The number of benzene rings is 1. The SMILES string of the molecule is COc1ccc(Cl)cc1C(=O)NC(CCCl)C(C)C. The number of ether oxygens (including phenoxy) is 1. The van der Waals surface area contributed by atoms with Crippen LogP contribution in [0.15, 0.2) is 18.2 Å². The Morgan fingerprint density at radius 1 is 1.42 bits per heavy atom. The van der Waals surface area contributed by atoms with Gasteiger partial charge in [0, 0.05) is 16.9 Å². The Morgan fingerprint density at radius 2 is 2.11 bits per heavy atom. The van der Waals surface area contributed by atoms with Gasteiger partial charge in [-0.05, 0) is 30.5 Å². The van der Waals surface area contributed by atoms with E-state index in [1.807, 2.05) is 13.8 Å². The number of nitrogens with one attached hydrogen (secondary N) is 1. The molecule has 1 N–H and O–H groups in total. The standard InChI is InChI=1S/C14H19Cl2NO2/c1-9(2)12(6-7-15)17-14(18)11-8-10(16)4-5-13(11)19-3/h4-5,8-9,12H,6-7H2,1-3H3,(H,17,18). The molecular formula is C14H19Cl2NO2. The van der Waals surface area contributed by atoms with Gasteiger partial charge in [-0.25, -0.2) is 0 Å². The molecule has 0 aliphatic carbocycles. The zero-order valence-electron chi connectivity index (χ0n) is 11.4. The lowest BCUT2D eigenvalue weighted by molar-refractivity contribution is 0.0922. The molecule has 1 unspecified atom stereocenters. The average molecular weight is 304 g/mol. The summed E-state index contributed by atoms with van der Waals surface area (Å²) in [5.74, 6) is 1.14. The van der Waals surface area contributed by atoms with E-state index in [1.54, 1.807) is 18.2 Å². The zero-order valence-corrected chi connectivity index (χ0v) is 12.9. The van der Waals surface area contributed by atoms with Crippen LogP contribution < -0.4 is 10.1 Å². The van der Waals surface area contributed by atoms with Gasteiger partial charge in [-0.3, -0.25) is 4.79 Å². The van der Waals surface area contributed by atoms with E-state index in [1.165, 1.54) is 7.11 Å². The van der Waals surface area contributed by atoms with E-state index in [0.29, 0.717) is 28.1 Å². The molecule has 0 aliphatic heterocycles. The van der Waals surface area contributed by atoms with Crippen molar-refractivity contribution in [2.45, 2.75) is 26.3 Å². The summed E-state index contributed by atoms with van der Waals surface area (Å²) < 4.78 is 5.18. The van der Waals surface area contributed by atoms with Crippen LogP contribution in [0, 0.1) is 5.92 Å². The van der Waals surface area contributed by atoms with E-state index in [9.17, 15) is 4.79 Å². The van der Waals surface area contributed by atoms with Crippen molar-refractivity contribution in [1.82, 2.24) is 5.32 Å². The smallest absolute Gasteiger partial charge is 0.255 e. The highest BCUT2D eigenvalue weighted by atomic mass is 35.5. The molecule has 1 aromatic rings. The second-order valence-electron chi connectivity index (χ2n) is 4.65. The van der Waals surface area contributed by atoms with Crippen LogP contribution in [-0.2, 0) is 0 Å². The fourth-order valence-corrected chi connectivity index (χ4v) is 2.20. The summed E-state index contributed by atoms with van der Waals surface area (Å²) in [6.07, 6.45) is 0.730. The molecule has 1 rings (SSSR count). The minimum atomic E-state index is -0.192. The van der Waals surface area contributed by atoms with Gasteiger partial charge in [0.2, 0.25) is 0 Å². The molecular weight excluding hydrogens is 285 g/mol. The van der Waals surface area contributed by atoms with E-state index in [2.05, 4.69) is 5.32 Å². The van der Waals surface area contributed by atoms with Gasteiger partial charge < -0.3 is 10.1 Å². The molecule has 106 valence electrons. The first-order valence-corrected chi connectivity index (χ1v) is 7.11. The molecule has 19 heavy (non-hydrogen) atoms. The Hall–Kier alpha value is -0.930. The van der Waals surface area contributed by atoms with Gasteiger partial charge >= 0.3 is 0 Å². The Balaban J connectivity index is 2.90. The maximum atomic E-state index is 12.3. The number of carbonyl (C=O) groups excluding carboxylic acids is 1. The van der Waals surface area contributed by atoms with E-state index in [0.717, 1.165) is 6.42 Å². The summed E-state index contributed by atoms with van der Waals surface area (Å²) >= 11 is 11.7. The molecule has 1 amide bonds. The number of carbonyl (C=O) groups is 1. The minimum Gasteiger partial charge on any atom is -0.496 e. The molecule has 3 nitrogen and oxygen atoms in total. The summed E-state index contributed by atoms with van der Waals surface area (Å²) in [5, 5.41) is 3.48. The molecule has 0 aliphatic rings. The molecule has 0 heterocycles. The molecule has 0 bridgehead atoms. The quantitative estimate of drug-likeness (QED) is 0.813. The van der Waals surface area contributed by atoms with E-state index in [-0.39, 0.29) is 11.9 Å². The van der Waals surface area contributed by atoms with Gasteiger partial charge in [0.05, 0.1) is 12.7 Å². The van der Waals surface area contributed by atoms with Crippen LogP contribution in [0.3, 0.4) is 0 Å². The first kappa shape index (κ1) is 16.1. The Morgan fingerprint density at radius 3 is 2.63 bits per heavy atom. The number of amides is 1. The minimum absolute atomic E-state index is 0.0358. The molecule has 1 aromatic carbocycles. The predicted molar refractivity (Wildman–Crippen MR) is 79.4 cm³/mol. The van der Waals surface area contributed by atoms with Gasteiger partial charge in [-0.15, -0.1) is 11.6 Å². The zero-order chi connectivity index (χ0) is 14.4. The molecule has 1 atom stereocenters. The van der Waals surface area contributed by atoms with Crippen molar-refractivity contribution in [2.24, 2.45) is 5.92 Å². The largest absolute Gasteiger partial charge is 0.496 e. The number of hydrogen-bond acceptors (Lipinski definition) is 2. The normalized spacial score (nSPS) is 12.3. The summed E-state index contributed by atoms with van der Waals surface area (Å²) in [6, 6.07) is 5.01. The van der Waals surface area contributed by atoms with Crippen LogP contribution in [0.4, 0.5) is 0 Å². The van der Waals surface area contributed by atoms with Crippen molar-refractivity contribution in [3.05, 3.63) is 28.8 Å².